The van der Waals surface area contributed by atoms with Gasteiger partial charge < -0.3 is 53.6 Å². The van der Waals surface area contributed by atoms with Crippen molar-refractivity contribution in [1.29, 1.82) is 0 Å². The van der Waals surface area contributed by atoms with Crippen molar-refractivity contribution in [1.82, 2.24) is 10.5 Å². The quantitative estimate of drug-likeness (QED) is 0.0738. The second-order valence-corrected chi connectivity index (χ2v) is 17.3. The zero-order chi connectivity index (χ0) is 47.2. The van der Waals surface area contributed by atoms with Crippen molar-refractivity contribution in [3.63, 3.8) is 0 Å². The van der Waals surface area contributed by atoms with Gasteiger partial charge in [-0.25, -0.2) is 4.98 Å². The zero-order valence-corrected chi connectivity index (χ0v) is 37.8. The highest BCUT2D eigenvalue weighted by molar-refractivity contribution is 6.17. The summed E-state index contributed by atoms with van der Waals surface area (Å²) in [7, 11) is 1.44. The molecule has 3 aliphatic heterocycles. The van der Waals surface area contributed by atoms with E-state index in [-0.39, 0.29) is 66.5 Å². The minimum absolute atomic E-state index is 0.00951. The number of amides is 1. The molecule has 1 saturated heterocycles. The van der Waals surface area contributed by atoms with E-state index in [1.165, 1.54) is 59.3 Å². The monoisotopic (exact) mass is 900 g/mol. The Morgan fingerprint density at radius 2 is 1.69 bits per heavy atom. The number of esters is 1. The van der Waals surface area contributed by atoms with E-state index in [2.05, 4.69) is 10.8 Å². The number of anilines is 2. The number of nitrogens with one attached hydrogen (secondary N) is 2. The molecule has 3 aliphatic rings. The fourth-order valence-corrected chi connectivity index (χ4v) is 9.06. The van der Waals surface area contributed by atoms with Crippen LogP contribution >= 0.6 is 0 Å². The lowest BCUT2D eigenvalue weighted by molar-refractivity contribution is -0.160. The van der Waals surface area contributed by atoms with Crippen LogP contribution in [-0.2, 0) is 28.5 Å². The van der Waals surface area contributed by atoms with Crippen molar-refractivity contribution < 1.29 is 58.2 Å². The van der Waals surface area contributed by atoms with Gasteiger partial charge in [-0.1, -0.05) is 45.9 Å². The number of carbonyl (C=O) groups is 2. The zero-order valence-electron chi connectivity index (χ0n) is 37.8. The average Bonchev–Trinajstić information content (AvgIpc) is 3.59. The molecule has 348 valence electrons. The number of nitrogens with zero attached hydrogens (tertiary/aromatic N) is 2. The number of aliphatic hydroxyl groups excluding tert-OH is 2. The van der Waals surface area contributed by atoms with Crippen LogP contribution in [0.5, 0.6) is 11.5 Å². The number of aromatic nitrogens is 1. The molecule has 0 unspecified atom stereocenters. The average molecular weight is 901 g/mol. The van der Waals surface area contributed by atoms with Gasteiger partial charge in [0.15, 0.2) is 16.7 Å². The number of hydroxylamine groups is 1. The number of carbonyl (C=O) groups excluding carboxylic acids is 2. The summed E-state index contributed by atoms with van der Waals surface area (Å²) in [6.45, 7) is 14.5. The van der Waals surface area contributed by atoms with Gasteiger partial charge in [0, 0.05) is 92.1 Å². The van der Waals surface area contributed by atoms with Gasteiger partial charge in [-0.05, 0) is 19.9 Å². The minimum atomic E-state index is -1.89. The van der Waals surface area contributed by atoms with Crippen LogP contribution in [0, 0.1) is 30.6 Å². The molecule has 4 bridgehead atoms. The largest absolute Gasteiger partial charge is 0.507 e. The molecule has 18 nitrogen and oxygen atoms in total. The fourth-order valence-electron chi connectivity index (χ4n) is 9.06. The van der Waals surface area contributed by atoms with E-state index < -0.39 is 82.4 Å². The first-order valence-electron chi connectivity index (χ1n) is 21.5. The molecule has 4 heterocycles. The van der Waals surface area contributed by atoms with E-state index in [0.717, 1.165) is 0 Å². The Morgan fingerprint density at radius 3 is 2.35 bits per heavy atom. The van der Waals surface area contributed by atoms with Crippen molar-refractivity contribution in [3.05, 3.63) is 79.5 Å². The number of aliphatic hydroxyl groups is 2. The fraction of sp³-hybridized carbons (Fsp3) is 0.468. The second kappa shape index (κ2) is 18.4. The lowest BCUT2D eigenvalue weighted by Crippen LogP contribution is -2.46. The summed E-state index contributed by atoms with van der Waals surface area (Å²) in [6, 6.07) is 3.04. The summed E-state index contributed by atoms with van der Waals surface area (Å²) < 4.78 is 36.2. The Bertz CT molecular complexity index is 2820. The molecular formula is C47H56N4O14. The van der Waals surface area contributed by atoms with Crippen LogP contribution in [-0.4, -0.2) is 101 Å². The summed E-state index contributed by atoms with van der Waals surface area (Å²) in [5.74, 6) is -6.31. The molecule has 0 spiro atoms. The molecule has 3 aromatic carbocycles. The number of methoxy groups -OCH3 is 1. The highest BCUT2D eigenvalue weighted by Crippen LogP contribution is 2.42. The number of fused-ring (bicyclic) bond motifs is 2. The number of morpholine rings is 1. The van der Waals surface area contributed by atoms with Gasteiger partial charge in [-0.2, -0.15) is 0 Å². The first-order valence-corrected chi connectivity index (χ1v) is 21.5. The first-order chi connectivity index (χ1) is 30.8. The summed E-state index contributed by atoms with van der Waals surface area (Å²) >= 11 is 0. The summed E-state index contributed by atoms with van der Waals surface area (Å²) in [5.41, 5.74) is 0.528. The lowest BCUT2D eigenvalue weighted by atomic mass is 9.78. The number of hydrogen-bond donors (Lipinski definition) is 6. The Hall–Kier alpha value is -6.05. The third-order valence-electron chi connectivity index (χ3n) is 12.9. The van der Waals surface area contributed by atoms with Gasteiger partial charge in [0.25, 0.3) is 11.7 Å². The van der Waals surface area contributed by atoms with Gasteiger partial charge in [-0.3, -0.25) is 29.9 Å². The third-order valence-corrected chi connectivity index (χ3v) is 12.9. The van der Waals surface area contributed by atoms with Gasteiger partial charge in [0.2, 0.25) is 10.9 Å². The topological polar surface area (TPSA) is 249 Å². The number of benzene rings is 3. The van der Waals surface area contributed by atoms with E-state index >= 15 is 0 Å². The van der Waals surface area contributed by atoms with Crippen molar-refractivity contribution in [2.45, 2.75) is 85.6 Å². The van der Waals surface area contributed by atoms with E-state index in [4.69, 9.17) is 33.1 Å². The van der Waals surface area contributed by atoms with Crippen LogP contribution in [0.1, 0.15) is 54.0 Å². The molecule has 1 amide bonds. The molecule has 18 heteroatoms. The highest BCUT2D eigenvalue weighted by Gasteiger charge is 2.44. The normalized spacial score (nSPS) is 29.8. The molecule has 1 fully saturated rings. The van der Waals surface area contributed by atoms with E-state index in [1.807, 2.05) is 4.90 Å². The number of allylic oxidation sites excluding steroid dienone is 2. The molecule has 1 aromatic heterocycles. The molecule has 7 rings (SSSR count). The van der Waals surface area contributed by atoms with Crippen LogP contribution in [0.3, 0.4) is 0 Å². The maximum absolute atomic E-state index is 14.9. The maximum Gasteiger partial charge on any atom is 0.302 e. The molecule has 65 heavy (non-hydrogen) atoms. The standard InChI is InChI=1S/C47H56N4O14/c1-21-11-10-12-22(2)46(58)49-37-41(57)33-32(36-44(37)64-31-20-28(19-29(53)35(31)48-36)51-14-17-61-18-15-51)34-43(26(6)40(33)56)65-47(8,45(34)50-59)62-16-13-30(60-9)23(3)42(63-27(7)52)25(5)39(55)24(4)38(21)54/h10-13,16,19-21,23-25,30,38-39,42,50,54-56,59H,14-15,17-18H2,1-9H3,(H,49,58)/b11-10+,16-13+,22-12-/t21-,23+,24+,25+,30-,38-,39+,42+,47-/m0/s1. The minimum Gasteiger partial charge on any atom is -0.507 e. The van der Waals surface area contributed by atoms with Crippen LogP contribution in [0.15, 0.2) is 62.3 Å². The first kappa shape index (κ1) is 46.9. The predicted molar refractivity (Wildman–Crippen MR) is 240 cm³/mol. The summed E-state index contributed by atoms with van der Waals surface area (Å²) in [6.07, 6.45) is 3.55. The third kappa shape index (κ3) is 8.52. The molecule has 6 N–H and O–H groups in total. The maximum atomic E-state index is 14.9. The molecular weight excluding hydrogens is 845 g/mol. The summed E-state index contributed by atoms with van der Waals surface area (Å²) in [5, 5.41) is 48.1. The number of ether oxygens (including phenoxy) is 5. The molecule has 0 saturated carbocycles. The van der Waals surface area contributed by atoms with Crippen molar-refractivity contribution in [2.24, 2.45) is 23.7 Å². The molecule has 9 atom stereocenters. The van der Waals surface area contributed by atoms with Crippen molar-refractivity contribution in [3.8, 4) is 11.5 Å². The molecule has 4 aromatic rings. The van der Waals surface area contributed by atoms with Gasteiger partial charge in [0.1, 0.15) is 34.5 Å². The number of aromatic hydroxyl groups is 1. The van der Waals surface area contributed by atoms with Crippen LogP contribution in [0.25, 0.3) is 38.7 Å². The SMILES string of the molecule is CO[C@H]1/C=C/O[C@@]2(C)Oc3c(C)c(O)c4c(=O)c(c5oc6cc(N7CCOCC7)cc(=O)c6nc5c4c3=C2NO)NC(=O)/C(C)=C\C=C\[C@H](C)[C@H](O)[C@@H](C)[C@@H](O)[C@@H](C)[C@H](OC(C)=O)[C@@H]1C. The van der Waals surface area contributed by atoms with E-state index in [1.54, 1.807) is 45.9 Å². The number of rotatable bonds is 4. The number of phenolic OH excluding ortho intramolecular Hbond substituents is 1. The molecule has 0 aliphatic carbocycles. The number of phenols is 1. The van der Waals surface area contributed by atoms with Crippen molar-refractivity contribution in [2.75, 3.05) is 43.6 Å². The van der Waals surface area contributed by atoms with Gasteiger partial charge in [-0.15, -0.1) is 0 Å². The predicted octanol–water partition coefficient (Wildman–Crippen LogP) is 3.82. The van der Waals surface area contributed by atoms with Crippen LogP contribution in [0.2, 0.25) is 0 Å². The Kier molecular flexibility index (Phi) is 13.3. The Morgan fingerprint density at radius 1 is 0.985 bits per heavy atom. The van der Waals surface area contributed by atoms with E-state index in [9.17, 15) is 39.7 Å². The van der Waals surface area contributed by atoms with Crippen LogP contribution in [0.4, 0.5) is 11.4 Å². The molecule has 0 radical (unpaired) electrons. The highest BCUT2D eigenvalue weighted by atomic mass is 16.7. The van der Waals surface area contributed by atoms with Crippen molar-refractivity contribution >= 4 is 61.9 Å². The Labute approximate surface area is 373 Å². The van der Waals surface area contributed by atoms with Gasteiger partial charge in [0.05, 0.1) is 48.4 Å². The Balaban J connectivity index is 1.51. The second-order valence-electron chi connectivity index (χ2n) is 17.3. The smallest absolute Gasteiger partial charge is 0.302 e. The lowest BCUT2D eigenvalue weighted by Gasteiger charge is -2.38. The van der Waals surface area contributed by atoms with Gasteiger partial charge >= 0.3 is 5.97 Å². The van der Waals surface area contributed by atoms with Crippen LogP contribution < -0.4 is 36.5 Å². The summed E-state index contributed by atoms with van der Waals surface area (Å²) in [4.78, 5) is 61.9. The van der Waals surface area contributed by atoms with E-state index in [0.29, 0.717) is 32.0 Å². The number of hydrogen-bond acceptors (Lipinski definition) is 17.